The molecule has 4 heteroatoms. The maximum atomic E-state index is 5.74. The lowest BCUT2D eigenvalue weighted by Gasteiger charge is -1.98. The van der Waals surface area contributed by atoms with Crippen molar-refractivity contribution in [3.8, 4) is 11.3 Å². The van der Waals surface area contributed by atoms with Gasteiger partial charge < -0.3 is 5.73 Å². The smallest absolute Gasteiger partial charge is 0.0756 e. The second-order valence-corrected chi connectivity index (χ2v) is 3.87. The van der Waals surface area contributed by atoms with E-state index in [4.69, 9.17) is 5.73 Å². The van der Waals surface area contributed by atoms with Crippen LogP contribution in [0.25, 0.3) is 11.3 Å². The van der Waals surface area contributed by atoms with Crippen LogP contribution in [0.4, 0.5) is 5.69 Å². The summed E-state index contributed by atoms with van der Waals surface area (Å²) in [7, 11) is 0. The highest BCUT2D eigenvalue weighted by Gasteiger charge is 2.08. The summed E-state index contributed by atoms with van der Waals surface area (Å²) in [6.45, 7) is 5.06. The van der Waals surface area contributed by atoms with Gasteiger partial charge >= 0.3 is 0 Å². The molecule has 2 aromatic rings. The molecule has 4 nitrogen and oxygen atoms in total. The van der Waals surface area contributed by atoms with E-state index >= 15 is 0 Å². The summed E-state index contributed by atoms with van der Waals surface area (Å²) in [5.74, 6) is 0. The fraction of sp³-hybridized carbons (Fsp3) is 0.333. The first-order valence-corrected chi connectivity index (χ1v) is 5.46. The monoisotopic (exact) mass is 216 g/mol. The van der Waals surface area contributed by atoms with Crippen LogP contribution in [0, 0.1) is 6.92 Å². The lowest BCUT2D eigenvalue weighted by atomic mass is 10.1. The standard InChI is InChI=1S/C12H16N4/c1-3-6-16-8-11(9(2)15-16)12-7-10(13)4-5-14-12/h4-5,7-8H,3,6H2,1-2H3,(H2,13,14). The second-order valence-electron chi connectivity index (χ2n) is 3.87. The van der Waals surface area contributed by atoms with Gasteiger partial charge in [0.25, 0.3) is 0 Å². The van der Waals surface area contributed by atoms with Crippen molar-refractivity contribution in [3.05, 3.63) is 30.2 Å². The van der Waals surface area contributed by atoms with Crippen LogP contribution in [0.3, 0.4) is 0 Å². The number of anilines is 1. The summed E-state index contributed by atoms with van der Waals surface area (Å²) >= 11 is 0. The molecule has 2 heterocycles. The molecule has 0 aliphatic carbocycles. The molecule has 2 N–H and O–H groups in total. The molecule has 2 aromatic heterocycles. The lowest BCUT2D eigenvalue weighted by Crippen LogP contribution is -1.96. The van der Waals surface area contributed by atoms with Crippen molar-refractivity contribution in [1.29, 1.82) is 0 Å². The maximum Gasteiger partial charge on any atom is 0.0756 e. The zero-order valence-corrected chi connectivity index (χ0v) is 9.64. The minimum absolute atomic E-state index is 0.729. The van der Waals surface area contributed by atoms with Crippen molar-refractivity contribution in [3.63, 3.8) is 0 Å². The van der Waals surface area contributed by atoms with Gasteiger partial charge in [0.15, 0.2) is 0 Å². The quantitative estimate of drug-likeness (QED) is 0.856. The zero-order valence-electron chi connectivity index (χ0n) is 9.64. The third-order valence-corrected chi connectivity index (χ3v) is 2.46. The molecule has 0 radical (unpaired) electrons. The number of nitrogen functional groups attached to an aromatic ring is 1. The van der Waals surface area contributed by atoms with E-state index in [1.807, 2.05) is 23.9 Å². The molecule has 0 bridgehead atoms. The maximum absolute atomic E-state index is 5.74. The van der Waals surface area contributed by atoms with E-state index in [0.29, 0.717) is 0 Å². The summed E-state index contributed by atoms with van der Waals surface area (Å²) in [5.41, 5.74) is 9.41. The average molecular weight is 216 g/mol. The molecular formula is C12H16N4. The largest absolute Gasteiger partial charge is 0.399 e. The topological polar surface area (TPSA) is 56.7 Å². The van der Waals surface area contributed by atoms with Crippen LogP contribution < -0.4 is 5.73 Å². The van der Waals surface area contributed by atoms with Crippen molar-refractivity contribution >= 4 is 5.69 Å². The van der Waals surface area contributed by atoms with E-state index in [1.165, 1.54) is 0 Å². The number of rotatable bonds is 3. The minimum atomic E-state index is 0.729. The number of hydrogen-bond acceptors (Lipinski definition) is 3. The Balaban J connectivity index is 2.40. The van der Waals surface area contributed by atoms with Crippen LogP contribution >= 0.6 is 0 Å². The normalized spacial score (nSPS) is 10.6. The molecule has 0 amide bonds. The number of hydrogen-bond donors (Lipinski definition) is 1. The third kappa shape index (κ3) is 2.05. The predicted octanol–water partition coefficient (Wildman–Crippen LogP) is 2.25. The summed E-state index contributed by atoms with van der Waals surface area (Å²) in [6.07, 6.45) is 4.83. The number of aryl methyl sites for hydroxylation is 2. The zero-order chi connectivity index (χ0) is 11.5. The Morgan fingerprint density at radius 2 is 2.25 bits per heavy atom. The predicted molar refractivity (Wildman–Crippen MR) is 64.9 cm³/mol. The molecule has 0 saturated heterocycles. The molecule has 0 aromatic carbocycles. The number of nitrogens with zero attached hydrogens (tertiary/aromatic N) is 3. The van der Waals surface area contributed by atoms with Crippen LogP contribution in [0.1, 0.15) is 19.0 Å². The van der Waals surface area contributed by atoms with Crippen molar-refractivity contribution in [2.75, 3.05) is 5.73 Å². The molecule has 0 saturated carbocycles. The fourth-order valence-electron chi connectivity index (χ4n) is 1.71. The van der Waals surface area contributed by atoms with Crippen molar-refractivity contribution in [2.24, 2.45) is 0 Å². The highest BCUT2D eigenvalue weighted by atomic mass is 15.3. The van der Waals surface area contributed by atoms with E-state index in [0.717, 1.165) is 35.6 Å². The number of aromatic nitrogens is 3. The molecule has 0 fully saturated rings. The van der Waals surface area contributed by atoms with E-state index in [2.05, 4.69) is 17.0 Å². The SMILES string of the molecule is CCCn1cc(-c2cc(N)ccn2)c(C)n1. The van der Waals surface area contributed by atoms with E-state index in [9.17, 15) is 0 Å². The van der Waals surface area contributed by atoms with E-state index in [-0.39, 0.29) is 0 Å². The van der Waals surface area contributed by atoms with Gasteiger partial charge in [0, 0.05) is 30.2 Å². The van der Waals surface area contributed by atoms with Crippen LogP contribution in [0.5, 0.6) is 0 Å². The Labute approximate surface area is 95.1 Å². The van der Waals surface area contributed by atoms with Crippen LogP contribution in [-0.2, 0) is 6.54 Å². The van der Waals surface area contributed by atoms with Gasteiger partial charge in [0.05, 0.1) is 11.4 Å². The number of pyridine rings is 1. The fourth-order valence-corrected chi connectivity index (χ4v) is 1.71. The van der Waals surface area contributed by atoms with E-state index in [1.54, 1.807) is 12.3 Å². The van der Waals surface area contributed by atoms with Gasteiger partial charge in [-0.15, -0.1) is 0 Å². The van der Waals surface area contributed by atoms with Gasteiger partial charge in [0.2, 0.25) is 0 Å². The third-order valence-electron chi connectivity index (χ3n) is 2.46. The Hall–Kier alpha value is -1.84. The van der Waals surface area contributed by atoms with Crippen LogP contribution in [-0.4, -0.2) is 14.8 Å². The molecule has 0 atom stereocenters. The first kappa shape index (κ1) is 10.7. The van der Waals surface area contributed by atoms with Crippen molar-refractivity contribution in [2.45, 2.75) is 26.8 Å². The highest BCUT2D eigenvalue weighted by Crippen LogP contribution is 2.21. The first-order valence-electron chi connectivity index (χ1n) is 5.46. The van der Waals surface area contributed by atoms with Crippen LogP contribution in [0.2, 0.25) is 0 Å². The Bertz CT molecular complexity index is 488. The molecular weight excluding hydrogens is 200 g/mol. The Morgan fingerprint density at radius 3 is 2.94 bits per heavy atom. The highest BCUT2D eigenvalue weighted by molar-refractivity contribution is 5.64. The first-order chi connectivity index (χ1) is 7.70. The van der Waals surface area contributed by atoms with Gasteiger partial charge in [-0.1, -0.05) is 6.92 Å². The average Bonchev–Trinajstić information content (AvgIpc) is 2.60. The molecule has 0 aliphatic heterocycles. The summed E-state index contributed by atoms with van der Waals surface area (Å²) in [6, 6.07) is 3.66. The minimum Gasteiger partial charge on any atom is -0.399 e. The van der Waals surface area contributed by atoms with E-state index < -0.39 is 0 Å². The molecule has 0 aliphatic rings. The van der Waals surface area contributed by atoms with Gasteiger partial charge in [0.1, 0.15) is 0 Å². The van der Waals surface area contributed by atoms with Gasteiger partial charge in [-0.2, -0.15) is 5.10 Å². The molecule has 16 heavy (non-hydrogen) atoms. The molecule has 2 rings (SSSR count). The molecule has 0 unspecified atom stereocenters. The summed E-state index contributed by atoms with van der Waals surface area (Å²) in [4.78, 5) is 4.31. The lowest BCUT2D eigenvalue weighted by molar-refractivity contribution is 0.598. The van der Waals surface area contributed by atoms with Crippen LogP contribution in [0.15, 0.2) is 24.5 Å². The van der Waals surface area contributed by atoms with Crippen molar-refractivity contribution < 1.29 is 0 Å². The Morgan fingerprint density at radius 1 is 1.44 bits per heavy atom. The number of nitrogens with two attached hydrogens (primary N) is 1. The molecule has 0 spiro atoms. The second kappa shape index (κ2) is 4.35. The molecule has 84 valence electrons. The summed E-state index contributed by atoms with van der Waals surface area (Å²) < 4.78 is 1.95. The van der Waals surface area contributed by atoms with Gasteiger partial charge in [-0.05, 0) is 25.5 Å². The summed E-state index contributed by atoms with van der Waals surface area (Å²) in [5, 5.41) is 4.44. The van der Waals surface area contributed by atoms with Crippen molar-refractivity contribution in [1.82, 2.24) is 14.8 Å². The van der Waals surface area contributed by atoms with Gasteiger partial charge in [-0.3, -0.25) is 9.67 Å². The Kier molecular flexibility index (Phi) is 2.90. The van der Waals surface area contributed by atoms with Gasteiger partial charge in [-0.25, -0.2) is 0 Å².